The van der Waals surface area contributed by atoms with Gasteiger partial charge in [0, 0.05) is 0 Å². The minimum absolute atomic E-state index is 0.206. The summed E-state index contributed by atoms with van der Waals surface area (Å²) < 4.78 is 15.2. The van der Waals surface area contributed by atoms with E-state index in [1.807, 2.05) is 20.8 Å². The molecule has 0 aliphatic carbocycles. The molecule has 0 saturated heterocycles. The standard InChI is InChI=1S/C10H13Cl2N3OS/c1-6-14-8(11)7(9(12)15-6)5-13-17(16)10(2,3)4/h5H,1-4H3. The number of aryl methyl sites for hydroxylation is 1. The third kappa shape index (κ3) is 4.10. The first-order valence-electron chi connectivity index (χ1n) is 4.87. The Morgan fingerprint density at radius 3 is 2.12 bits per heavy atom. The summed E-state index contributed by atoms with van der Waals surface area (Å²) in [6, 6.07) is 0. The highest BCUT2D eigenvalue weighted by Crippen LogP contribution is 2.21. The molecule has 1 aromatic rings. The first-order valence-corrected chi connectivity index (χ1v) is 6.74. The summed E-state index contributed by atoms with van der Waals surface area (Å²) in [7, 11) is 0. The molecule has 4 nitrogen and oxygen atoms in total. The number of rotatable bonds is 2. The molecule has 0 spiro atoms. The number of nitrogens with zero attached hydrogens (tertiary/aromatic N) is 3. The Balaban J connectivity index is 3.00. The fraction of sp³-hybridized carbons (Fsp3) is 0.500. The second-order valence-electron chi connectivity index (χ2n) is 4.36. The summed E-state index contributed by atoms with van der Waals surface area (Å²) in [6.45, 7) is 7.17. The predicted octanol–water partition coefficient (Wildman–Crippen LogP) is 2.97. The van der Waals surface area contributed by atoms with E-state index < -0.39 is 16.1 Å². The van der Waals surface area contributed by atoms with Crippen molar-refractivity contribution < 1.29 is 4.55 Å². The lowest BCUT2D eigenvalue weighted by atomic mass is 10.3. The number of halogens is 2. The zero-order valence-electron chi connectivity index (χ0n) is 9.99. The second-order valence-corrected chi connectivity index (χ2v) is 7.01. The smallest absolute Gasteiger partial charge is 0.144 e. The molecule has 1 rings (SSSR count). The molecule has 0 fully saturated rings. The van der Waals surface area contributed by atoms with Crippen molar-refractivity contribution in [3.63, 3.8) is 0 Å². The monoisotopic (exact) mass is 293 g/mol. The zero-order chi connectivity index (χ0) is 13.2. The zero-order valence-corrected chi connectivity index (χ0v) is 12.3. The van der Waals surface area contributed by atoms with Gasteiger partial charge in [-0.15, -0.1) is 0 Å². The molecule has 1 unspecified atom stereocenters. The van der Waals surface area contributed by atoms with Crippen molar-refractivity contribution >= 4 is 40.8 Å². The minimum atomic E-state index is -1.36. The van der Waals surface area contributed by atoms with E-state index >= 15 is 0 Å². The Bertz CT molecular complexity index is 423. The second kappa shape index (κ2) is 5.52. The average molecular weight is 294 g/mol. The van der Waals surface area contributed by atoms with Gasteiger partial charge in [-0.25, -0.2) is 9.97 Å². The third-order valence-electron chi connectivity index (χ3n) is 1.77. The minimum Gasteiger partial charge on any atom is -0.591 e. The molecular weight excluding hydrogens is 281 g/mol. The molecule has 0 aliphatic heterocycles. The van der Waals surface area contributed by atoms with E-state index in [0.29, 0.717) is 11.4 Å². The maximum absolute atomic E-state index is 11.7. The highest BCUT2D eigenvalue weighted by Gasteiger charge is 2.26. The molecule has 0 aliphatic rings. The molecule has 0 saturated carbocycles. The summed E-state index contributed by atoms with van der Waals surface area (Å²) in [6.07, 6.45) is 1.35. The van der Waals surface area contributed by atoms with Crippen LogP contribution in [0.2, 0.25) is 10.3 Å². The van der Waals surface area contributed by atoms with E-state index in [0.717, 1.165) is 0 Å². The molecule has 0 amide bonds. The van der Waals surface area contributed by atoms with Gasteiger partial charge in [-0.1, -0.05) is 27.6 Å². The highest BCUT2D eigenvalue weighted by atomic mass is 35.5. The van der Waals surface area contributed by atoms with Crippen molar-refractivity contribution in [1.29, 1.82) is 0 Å². The number of aromatic nitrogens is 2. The molecule has 1 heterocycles. The van der Waals surface area contributed by atoms with Crippen molar-refractivity contribution in [2.45, 2.75) is 32.4 Å². The summed E-state index contributed by atoms with van der Waals surface area (Å²) >= 11 is 10.5. The van der Waals surface area contributed by atoms with E-state index in [1.54, 1.807) is 6.92 Å². The van der Waals surface area contributed by atoms with Gasteiger partial charge < -0.3 is 4.55 Å². The lowest BCUT2D eigenvalue weighted by molar-refractivity contribution is 0.562. The fourth-order valence-corrected chi connectivity index (χ4v) is 1.97. The van der Waals surface area contributed by atoms with Crippen molar-refractivity contribution in [2.75, 3.05) is 0 Å². The van der Waals surface area contributed by atoms with Gasteiger partial charge in [0.2, 0.25) is 0 Å². The van der Waals surface area contributed by atoms with Gasteiger partial charge in [-0.2, -0.15) is 0 Å². The van der Waals surface area contributed by atoms with Crippen LogP contribution >= 0.6 is 23.2 Å². The molecule has 17 heavy (non-hydrogen) atoms. The first kappa shape index (κ1) is 14.7. The van der Waals surface area contributed by atoms with E-state index in [-0.39, 0.29) is 10.3 Å². The molecular formula is C10H13Cl2N3OS. The van der Waals surface area contributed by atoms with Gasteiger partial charge in [-0.05, 0) is 27.7 Å². The molecule has 0 aromatic carbocycles. The van der Waals surface area contributed by atoms with Gasteiger partial charge in [0.25, 0.3) is 0 Å². The predicted molar refractivity (Wildman–Crippen MR) is 72.3 cm³/mol. The van der Waals surface area contributed by atoms with E-state index in [9.17, 15) is 4.55 Å². The van der Waals surface area contributed by atoms with Crippen LogP contribution in [0.15, 0.2) is 4.40 Å². The Kier molecular flexibility index (Phi) is 4.77. The molecule has 1 aromatic heterocycles. The quantitative estimate of drug-likeness (QED) is 0.478. The summed E-state index contributed by atoms with van der Waals surface area (Å²) in [4.78, 5) is 7.91. The average Bonchev–Trinajstić information content (AvgIpc) is 2.13. The van der Waals surface area contributed by atoms with Gasteiger partial charge in [-0.3, -0.25) is 0 Å². The lowest BCUT2D eigenvalue weighted by Crippen LogP contribution is -2.25. The van der Waals surface area contributed by atoms with Crippen molar-refractivity contribution in [2.24, 2.45) is 4.40 Å². The Morgan fingerprint density at radius 1 is 1.24 bits per heavy atom. The maximum Gasteiger partial charge on any atom is 0.144 e. The van der Waals surface area contributed by atoms with Crippen LogP contribution in [0, 0.1) is 6.92 Å². The molecule has 0 bridgehead atoms. The van der Waals surface area contributed by atoms with Gasteiger partial charge in [0.1, 0.15) is 32.2 Å². The first-order chi connectivity index (χ1) is 7.71. The van der Waals surface area contributed by atoms with Crippen LogP contribution < -0.4 is 0 Å². The third-order valence-corrected chi connectivity index (χ3v) is 3.69. The SMILES string of the molecule is Cc1nc(Cl)c(C=N[S+]([O-])C(C)(C)C)c(Cl)n1. The number of hydrogen-bond donors (Lipinski definition) is 0. The van der Waals surface area contributed by atoms with Crippen molar-refractivity contribution in [3.8, 4) is 0 Å². The van der Waals surface area contributed by atoms with Crippen molar-refractivity contribution in [1.82, 2.24) is 9.97 Å². The van der Waals surface area contributed by atoms with Crippen LogP contribution in [0.5, 0.6) is 0 Å². The lowest BCUT2D eigenvalue weighted by Gasteiger charge is -2.17. The van der Waals surface area contributed by atoms with E-state index in [2.05, 4.69) is 14.4 Å². The Hall–Kier alpha value is -0.360. The van der Waals surface area contributed by atoms with Gasteiger partial charge >= 0.3 is 0 Å². The summed E-state index contributed by atoms with van der Waals surface area (Å²) in [5.41, 5.74) is 0.386. The van der Waals surface area contributed by atoms with Crippen LogP contribution in [0.1, 0.15) is 32.2 Å². The van der Waals surface area contributed by atoms with Crippen molar-refractivity contribution in [3.05, 3.63) is 21.7 Å². The Morgan fingerprint density at radius 2 is 1.71 bits per heavy atom. The van der Waals surface area contributed by atoms with Crippen LogP contribution in [0.3, 0.4) is 0 Å². The summed E-state index contributed by atoms with van der Waals surface area (Å²) in [5, 5.41) is 0.411. The molecule has 94 valence electrons. The Labute approximate surface area is 114 Å². The van der Waals surface area contributed by atoms with E-state index in [4.69, 9.17) is 23.2 Å². The number of hydrogen-bond acceptors (Lipinski definition) is 4. The van der Waals surface area contributed by atoms with Gasteiger partial charge in [0.05, 0.1) is 11.8 Å². The van der Waals surface area contributed by atoms with Crippen LogP contribution in [0.4, 0.5) is 0 Å². The van der Waals surface area contributed by atoms with Crippen LogP contribution in [-0.2, 0) is 11.4 Å². The normalized spacial score (nSPS) is 14.3. The largest absolute Gasteiger partial charge is 0.591 e. The molecule has 1 atom stereocenters. The van der Waals surface area contributed by atoms with E-state index in [1.165, 1.54) is 6.21 Å². The molecule has 0 radical (unpaired) electrons. The fourth-order valence-electron chi connectivity index (χ4n) is 0.880. The molecule has 0 N–H and O–H groups in total. The van der Waals surface area contributed by atoms with Gasteiger partial charge in [0.15, 0.2) is 0 Å². The topological polar surface area (TPSA) is 61.2 Å². The highest BCUT2D eigenvalue weighted by molar-refractivity contribution is 7.91. The van der Waals surface area contributed by atoms with Crippen LogP contribution in [0.25, 0.3) is 0 Å². The maximum atomic E-state index is 11.7. The van der Waals surface area contributed by atoms with Crippen LogP contribution in [-0.4, -0.2) is 25.5 Å². The molecule has 7 heteroatoms. The summed E-state index contributed by atoms with van der Waals surface area (Å²) in [5.74, 6) is 0.481.